The van der Waals surface area contributed by atoms with E-state index in [1.165, 1.54) is 19.1 Å². The molecule has 0 unspecified atom stereocenters. The van der Waals surface area contributed by atoms with E-state index in [2.05, 4.69) is 0 Å². The second-order valence-corrected chi connectivity index (χ2v) is 5.65. The zero-order valence-electron chi connectivity index (χ0n) is 8.53. The first-order valence-corrected chi connectivity index (χ1v) is 6.14. The molecule has 0 aromatic heterocycles. The normalized spacial score (nSPS) is 16.8. The number of rotatable bonds is 2. The van der Waals surface area contributed by atoms with E-state index in [9.17, 15) is 17.6 Å². The minimum absolute atomic E-state index is 0.0422. The van der Waals surface area contributed by atoms with E-state index in [1.807, 2.05) is 0 Å². The molecule has 0 radical (unpaired) electrons. The zero-order valence-corrected chi connectivity index (χ0v) is 9.34. The van der Waals surface area contributed by atoms with Crippen molar-refractivity contribution in [1.82, 2.24) is 0 Å². The molecule has 0 aliphatic carbocycles. The smallest absolute Gasteiger partial charge is 0.203 e. The number of halogens is 1. The molecule has 1 aliphatic heterocycles. The van der Waals surface area contributed by atoms with Gasteiger partial charge in [0.05, 0.1) is 9.80 Å². The van der Waals surface area contributed by atoms with Gasteiger partial charge >= 0.3 is 0 Å². The highest BCUT2D eigenvalue weighted by atomic mass is 32.2. The van der Waals surface area contributed by atoms with Crippen molar-refractivity contribution in [1.29, 1.82) is 0 Å². The van der Waals surface area contributed by atoms with E-state index < -0.39 is 15.7 Å². The lowest BCUT2D eigenvalue weighted by Gasteiger charge is -2.01. The molecule has 0 amide bonds. The number of hydrogen-bond donors (Lipinski definition) is 0. The van der Waals surface area contributed by atoms with Crippen LogP contribution in [0, 0.1) is 5.82 Å². The lowest BCUT2D eigenvalue weighted by Crippen LogP contribution is -2.04. The third-order valence-corrected chi connectivity index (χ3v) is 4.25. The van der Waals surface area contributed by atoms with Crippen LogP contribution >= 0.6 is 0 Å². The second-order valence-electron chi connectivity index (χ2n) is 3.68. The van der Waals surface area contributed by atoms with E-state index in [4.69, 9.17) is 0 Å². The average molecular weight is 240 g/mol. The maximum atomic E-state index is 12.9. The minimum atomic E-state index is -3.58. The van der Waals surface area contributed by atoms with Crippen LogP contribution in [0.25, 0.3) is 6.08 Å². The van der Waals surface area contributed by atoms with E-state index in [0.717, 1.165) is 12.1 Å². The van der Waals surface area contributed by atoms with Gasteiger partial charge < -0.3 is 0 Å². The number of Topliss-reactive ketones (excluding diaryl/α,β-unsaturated/α-hetero) is 1. The largest absolute Gasteiger partial charge is 0.300 e. The molecule has 2 rings (SSSR count). The zero-order chi connectivity index (χ0) is 11.9. The molecule has 1 aromatic rings. The van der Waals surface area contributed by atoms with Gasteiger partial charge in [-0.2, -0.15) is 0 Å². The first-order valence-electron chi connectivity index (χ1n) is 4.66. The van der Waals surface area contributed by atoms with E-state index in [-0.39, 0.29) is 22.0 Å². The number of ketones is 1. The lowest BCUT2D eigenvalue weighted by atomic mass is 10.2. The second kappa shape index (κ2) is 3.52. The van der Waals surface area contributed by atoms with Gasteiger partial charge in [-0.25, -0.2) is 12.8 Å². The summed E-state index contributed by atoms with van der Waals surface area (Å²) in [6.07, 6.45) is 1.22. The van der Waals surface area contributed by atoms with Gasteiger partial charge in [0.25, 0.3) is 0 Å². The van der Waals surface area contributed by atoms with Crippen molar-refractivity contribution in [2.45, 2.75) is 18.2 Å². The molecule has 0 spiro atoms. The number of hydrogen-bond acceptors (Lipinski definition) is 3. The topological polar surface area (TPSA) is 51.2 Å². The third-order valence-electron chi connectivity index (χ3n) is 2.35. The summed E-state index contributed by atoms with van der Waals surface area (Å²) in [6, 6.07) is 3.48. The summed E-state index contributed by atoms with van der Waals surface area (Å²) in [6.45, 7) is 1.32. The number of carbonyl (C=O) groups excluding carboxylic acids is 1. The first-order chi connectivity index (χ1) is 7.41. The van der Waals surface area contributed by atoms with Crippen molar-refractivity contribution in [3.63, 3.8) is 0 Å². The Kier molecular flexibility index (Phi) is 2.42. The molecule has 84 valence electrons. The van der Waals surface area contributed by atoms with Crippen LogP contribution in [-0.2, 0) is 14.6 Å². The molecular weight excluding hydrogens is 231 g/mol. The van der Waals surface area contributed by atoms with Crippen LogP contribution in [-0.4, -0.2) is 14.2 Å². The summed E-state index contributed by atoms with van der Waals surface area (Å²) >= 11 is 0. The third kappa shape index (κ3) is 1.67. The molecule has 1 aliphatic rings. The maximum absolute atomic E-state index is 12.9. The van der Waals surface area contributed by atoms with Crippen molar-refractivity contribution in [2.24, 2.45) is 0 Å². The molecule has 0 N–H and O–H groups in total. The Bertz CT molecular complexity index is 600. The number of fused-ring (bicyclic) bond motifs is 1. The van der Waals surface area contributed by atoms with Gasteiger partial charge in [0.15, 0.2) is 0 Å². The van der Waals surface area contributed by atoms with Crippen molar-refractivity contribution in [3.8, 4) is 0 Å². The predicted octanol–water partition coefficient (Wildman–Crippen LogP) is 1.93. The standard InChI is InChI=1S/C11H9FO3S/c1-7(13)4-10-6-8-5-9(12)2-3-11(8)16(10,14)15/h2-3,5-6H,4H2,1H3. The van der Waals surface area contributed by atoms with Crippen LogP contribution in [0.15, 0.2) is 28.0 Å². The van der Waals surface area contributed by atoms with Gasteiger partial charge in [0.2, 0.25) is 9.84 Å². The molecule has 0 atom stereocenters. The molecule has 16 heavy (non-hydrogen) atoms. The quantitative estimate of drug-likeness (QED) is 0.742. The summed E-state index contributed by atoms with van der Waals surface area (Å²) in [4.78, 5) is 11.0. The lowest BCUT2D eigenvalue weighted by molar-refractivity contribution is -0.116. The van der Waals surface area contributed by atoms with E-state index >= 15 is 0 Å². The van der Waals surface area contributed by atoms with Gasteiger partial charge in [-0.3, -0.25) is 4.79 Å². The Morgan fingerprint density at radius 2 is 2.06 bits per heavy atom. The average Bonchev–Trinajstić information content (AvgIpc) is 2.37. The first kappa shape index (κ1) is 11.0. The van der Waals surface area contributed by atoms with Gasteiger partial charge in [-0.15, -0.1) is 0 Å². The fraction of sp³-hybridized carbons (Fsp3) is 0.182. The SMILES string of the molecule is CC(=O)CC1=Cc2cc(F)ccc2S1(=O)=O. The molecule has 0 saturated carbocycles. The molecule has 0 saturated heterocycles. The summed E-state index contributed by atoms with van der Waals surface area (Å²) in [7, 11) is -3.58. The van der Waals surface area contributed by atoms with E-state index in [1.54, 1.807) is 0 Å². The summed E-state index contributed by atoms with van der Waals surface area (Å²) in [5, 5.41) is 0. The fourth-order valence-electron chi connectivity index (χ4n) is 1.66. The molecule has 0 bridgehead atoms. The molecule has 1 heterocycles. The molecule has 5 heteroatoms. The number of benzene rings is 1. The Hall–Kier alpha value is -1.49. The number of allylic oxidation sites excluding steroid dienone is 1. The Balaban J connectivity index is 2.56. The van der Waals surface area contributed by atoms with Crippen LogP contribution in [0.2, 0.25) is 0 Å². The maximum Gasteiger partial charge on any atom is 0.203 e. The van der Waals surface area contributed by atoms with Gasteiger partial charge in [0.1, 0.15) is 11.6 Å². The highest BCUT2D eigenvalue weighted by molar-refractivity contribution is 7.95. The van der Waals surface area contributed by atoms with Crippen molar-refractivity contribution in [3.05, 3.63) is 34.5 Å². The molecule has 0 fully saturated rings. The number of sulfone groups is 1. The number of carbonyl (C=O) groups is 1. The Labute approximate surface area is 92.5 Å². The Morgan fingerprint density at radius 3 is 2.69 bits per heavy atom. The highest BCUT2D eigenvalue weighted by Crippen LogP contribution is 2.34. The monoisotopic (exact) mass is 240 g/mol. The summed E-state index contributed by atoms with van der Waals surface area (Å²) in [5.41, 5.74) is 0.316. The van der Waals surface area contributed by atoms with E-state index in [0.29, 0.717) is 5.56 Å². The minimum Gasteiger partial charge on any atom is -0.300 e. The highest BCUT2D eigenvalue weighted by Gasteiger charge is 2.30. The van der Waals surface area contributed by atoms with Crippen molar-refractivity contribution in [2.75, 3.05) is 0 Å². The van der Waals surface area contributed by atoms with Gasteiger partial charge in [-0.05, 0) is 36.8 Å². The Morgan fingerprint density at radius 1 is 1.38 bits per heavy atom. The molecule has 1 aromatic carbocycles. The van der Waals surface area contributed by atoms with Crippen molar-refractivity contribution < 1.29 is 17.6 Å². The summed E-state index contributed by atoms with van der Waals surface area (Å²) < 4.78 is 36.7. The summed E-state index contributed by atoms with van der Waals surface area (Å²) in [5.74, 6) is -0.725. The van der Waals surface area contributed by atoms with Gasteiger partial charge in [0, 0.05) is 6.42 Å². The molecular formula is C11H9FO3S. The van der Waals surface area contributed by atoms with Crippen LogP contribution in [0.5, 0.6) is 0 Å². The van der Waals surface area contributed by atoms with Crippen LogP contribution < -0.4 is 0 Å². The van der Waals surface area contributed by atoms with Gasteiger partial charge in [-0.1, -0.05) is 0 Å². The molecule has 3 nitrogen and oxygen atoms in total. The van der Waals surface area contributed by atoms with Crippen molar-refractivity contribution >= 4 is 21.7 Å². The van der Waals surface area contributed by atoms with Crippen LogP contribution in [0.4, 0.5) is 4.39 Å². The van der Waals surface area contributed by atoms with Crippen LogP contribution in [0.3, 0.4) is 0 Å². The van der Waals surface area contributed by atoms with Crippen LogP contribution in [0.1, 0.15) is 18.9 Å². The predicted molar refractivity (Wildman–Crippen MR) is 56.9 cm³/mol. The fourth-order valence-corrected chi connectivity index (χ4v) is 3.29.